The van der Waals surface area contributed by atoms with Crippen LogP contribution in [0.2, 0.25) is 0 Å². The molecule has 2 aromatic carbocycles. The van der Waals surface area contributed by atoms with Crippen LogP contribution in [-0.2, 0) is 9.59 Å². The summed E-state index contributed by atoms with van der Waals surface area (Å²) in [6, 6.07) is 12.6. The largest absolute Gasteiger partial charge is 0.318 e. The lowest BCUT2D eigenvalue weighted by molar-refractivity contribution is -0.133. The first-order chi connectivity index (χ1) is 9.56. The molecular weight excluding hydrogens is 374 g/mol. The molecule has 20 heavy (non-hydrogen) atoms. The zero-order valence-electron chi connectivity index (χ0n) is 10.2. The SMILES string of the molecule is O=C(Nc1ccc(I)cc1)C(=O)Nc1ccccc1F. The Morgan fingerprint density at radius 1 is 0.900 bits per heavy atom. The number of nitrogens with one attached hydrogen (secondary N) is 2. The van der Waals surface area contributed by atoms with Gasteiger partial charge in [0.1, 0.15) is 5.82 Å². The predicted octanol–water partition coefficient (Wildman–Crippen LogP) is 3.01. The molecule has 2 amide bonds. The Balaban J connectivity index is 2.01. The summed E-state index contributed by atoms with van der Waals surface area (Å²) in [6.07, 6.45) is 0. The van der Waals surface area contributed by atoms with Gasteiger partial charge >= 0.3 is 11.8 Å². The molecule has 0 bridgehead atoms. The second kappa shape index (κ2) is 6.47. The van der Waals surface area contributed by atoms with Crippen LogP contribution in [0.25, 0.3) is 0 Å². The molecule has 0 radical (unpaired) electrons. The second-order valence-electron chi connectivity index (χ2n) is 3.89. The van der Waals surface area contributed by atoms with Gasteiger partial charge in [-0.25, -0.2) is 4.39 Å². The number of halogens is 2. The highest BCUT2D eigenvalue weighted by molar-refractivity contribution is 14.1. The van der Waals surface area contributed by atoms with Gasteiger partial charge in [0, 0.05) is 9.26 Å². The Hall–Kier alpha value is -1.96. The van der Waals surface area contributed by atoms with Crippen molar-refractivity contribution in [1.82, 2.24) is 0 Å². The van der Waals surface area contributed by atoms with Gasteiger partial charge in [0.2, 0.25) is 0 Å². The Labute approximate surface area is 128 Å². The standard InChI is InChI=1S/C14H10FIN2O2/c15-11-3-1-2-4-12(11)18-14(20)13(19)17-10-7-5-9(16)6-8-10/h1-8H,(H,17,19)(H,18,20). The third kappa shape index (κ3) is 3.77. The molecule has 0 aliphatic carbocycles. The van der Waals surface area contributed by atoms with Crippen LogP contribution in [0, 0.1) is 9.39 Å². The van der Waals surface area contributed by atoms with E-state index >= 15 is 0 Å². The predicted molar refractivity (Wildman–Crippen MR) is 82.8 cm³/mol. The zero-order valence-corrected chi connectivity index (χ0v) is 12.3. The van der Waals surface area contributed by atoms with Crippen LogP contribution >= 0.6 is 22.6 Å². The van der Waals surface area contributed by atoms with E-state index < -0.39 is 17.6 Å². The highest BCUT2D eigenvalue weighted by Crippen LogP contribution is 2.13. The Bertz CT molecular complexity index is 644. The topological polar surface area (TPSA) is 58.2 Å². The molecule has 2 rings (SSSR count). The first-order valence-corrected chi connectivity index (χ1v) is 6.76. The first-order valence-electron chi connectivity index (χ1n) is 5.68. The van der Waals surface area contributed by atoms with E-state index in [4.69, 9.17) is 0 Å². The lowest BCUT2D eigenvalue weighted by Crippen LogP contribution is -2.29. The fraction of sp³-hybridized carbons (Fsp3) is 0. The van der Waals surface area contributed by atoms with Crippen molar-refractivity contribution in [1.29, 1.82) is 0 Å². The summed E-state index contributed by atoms with van der Waals surface area (Å²) < 4.78 is 14.3. The zero-order chi connectivity index (χ0) is 14.5. The van der Waals surface area contributed by atoms with E-state index in [2.05, 4.69) is 33.2 Å². The number of carbonyl (C=O) groups is 2. The average molecular weight is 384 g/mol. The first kappa shape index (κ1) is 14.4. The van der Waals surface area contributed by atoms with E-state index in [1.165, 1.54) is 18.2 Å². The van der Waals surface area contributed by atoms with Crippen LogP contribution in [0.5, 0.6) is 0 Å². The van der Waals surface area contributed by atoms with Gasteiger partial charge in [-0.05, 0) is 59.0 Å². The molecular formula is C14H10FIN2O2. The third-order valence-electron chi connectivity index (χ3n) is 2.43. The summed E-state index contributed by atoms with van der Waals surface area (Å²) >= 11 is 2.13. The van der Waals surface area contributed by atoms with Crippen molar-refractivity contribution < 1.29 is 14.0 Å². The number of anilines is 2. The number of carbonyl (C=O) groups excluding carboxylic acids is 2. The van der Waals surface area contributed by atoms with Crippen LogP contribution in [-0.4, -0.2) is 11.8 Å². The van der Waals surface area contributed by atoms with E-state index in [0.29, 0.717) is 5.69 Å². The summed E-state index contributed by atoms with van der Waals surface area (Å²) in [5.74, 6) is -2.37. The molecule has 0 atom stereocenters. The highest BCUT2D eigenvalue weighted by Gasteiger charge is 2.15. The summed E-state index contributed by atoms with van der Waals surface area (Å²) in [5.41, 5.74) is 0.467. The number of amides is 2. The van der Waals surface area contributed by atoms with Crippen molar-refractivity contribution in [3.63, 3.8) is 0 Å². The number of para-hydroxylation sites is 1. The molecule has 0 spiro atoms. The molecule has 0 saturated heterocycles. The molecule has 2 aromatic rings. The minimum atomic E-state index is -0.923. The van der Waals surface area contributed by atoms with Gasteiger partial charge in [-0.3, -0.25) is 9.59 Å². The average Bonchev–Trinajstić information content (AvgIpc) is 2.44. The van der Waals surface area contributed by atoms with Gasteiger partial charge in [0.15, 0.2) is 0 Å². The second-order valence-corrected chi connectivity index (χ2v) is 5.14. The summed E-state index contributed by atoms with van der Waals surface area (Å²) in [6.45, 7) is 0. The van der Waals surface area contributed by atoms with Crippen molar-refractivity contribution >= 4 is 45.8 Å². The maximum Gasteiger partial charge on any atom is 0.314 e. The minimum Gasteiger partial charge on any atom is -0.318 e. The molecule has 0 aromatic heterocycles. The van der Waals surface area contributed by atoms with Gasteiger partial charge in [-0.2, -0.15) is 0 Å². The van der Waals surface area contributed by atoms with E-state index in [1.54, 1.807) is 30.3 Å². The highest BCUT2D eigenvalue weighted by atomic mass is 127. The van der Waals surface area contributed by atoms with Crippen LogP contribution in [0.1, 0.15) is 0 Å². The fourth-order valence-corrected chi connectivity index (χ4v) is 1.82. The van der Waals surface area contributed by atoms with E-state index in [9.17, 15) is 14.0 Å². The molecule has 0 fully saturated rings. The normalized spacial score (nSPS) is 9.90. The summed E-state index contributed by atoms with van der Waals surface area (Å²) in [5, 5.41) is 4.65. The summed E-state index contributed by atoms with van der Waals surface area (Å²) in [4.78, 5) is 23.3. The van der Waals surface area contributed by atoms with Gasteiger partial charge in [-0.1, -0.05) is 12.1 Å². The number of hydrogen-bond donors (Lipinski definition) is 2. The third-order valence-corrected chi connectivity index (χ3v) is 3.15. The fourth-order valence-electron chi connectivity index (χ4n) is 1.46. The Morgan fingerprint density at radius 2 is 1.50 bits per heavy atom. The molecule has 4 nitrogen and oxygen atoms in total. The number of hydrogen-bond acceptors (Lipinski definition) is 2. The van der Waals surface area contributed by atoms with Crippen molar-refractivity contribution in [3.8, 4) is 0 Å². The molecule has 0 aliphatic rings. The summed E-state index contributed by atoms with van der Waals surface area (Å²) in [7, 11) is 0. The van der Waals surface area contributed by atoms with Gasteiger partial charge in [0.05, 0.1) is 5.69 Å². The smallest absolute Gasteiger partial charge is 0.314 e. The van der Waals surface area contributed by atoms with Crippen molar-refractivity contribution in [3.05, 3.63) is 57.9 Å². The van der Waals surface area contributed by atoms with Crippen molar-refractivity contribution in [2.45, 2.75) is 0 Å². The molecule has 0 saturated carbocycles. The van der Waals surface area contributed by atoms with E-state index in [0.717, 1.165) is 3.57 Å². The van der Waals surface area contributed by atoms with Gasteiger partial charge in [-0.15, -0.1) is 0 Å². The molecule has 6 heteroatoms. The van der Waals surface area contributed by atoms with Crippen LogP contribution in [0.4, 0.5) is 15.8 Å². The maximum absolute atomic E-state index is 13.3. The van der Waals surface area contributed by atoms with E-state index in [1.807, 2.05) is 0 Å². The molecule has 2 N–H and O–H groups in total. The van der Waals surface area contributed by atoms with Gasteiger partial charge < -0.3 is 10.6 Å². The monoisotopic (exact) mass is 384 g/mol. The van der Waals surface area contributed by atoms with Gasteiger partial charge in [0.25, 0.3) is 0 Å². The van der Waals surface area contributed by atoms with Crippen molar-refractivity contribution in [2.24, 2.45) is 0 Å². The maximum atomic E-state index is 13.3. The quantitative estimate of drug-likeness (QED) is 0.618. The molecule has 102 valence electrons. The number of rotatable bonds is 2. The minimum absolute atomic E-state index is 0.0322. The van der Waals surface area contributed by atoms with Crippen LogP contribution < -0.4 is 10.6 Å². The molecule has 0 aliphatic heterocycles. The molecule has 0 unspecified atom stereocenters. The lowest BCUT2D eigenvalue weighted by atomic mass is 10.3. The lowest BCUT2D eigenvalue weighted by Gasteiger charge is -2.07. The number of benzene rings is 2. The van der Waals surface area contributed by atoms with E-state index in [-0.39, 0.29) is 5.69 Å². The Morgan fingerprint density at radius 3 is 2.15 bits per heavy atom. The van der Waals surface area contributed by atoms with Crippen LogP contribution in [0.15, 0.2) is 48.5 Å². The van der Waals surface area contributed by atoms with Crippen molar-refractivity contribution in [2.75, 3.05) is 10.6 Å². The molecule has 0 heterocycles. The van der Waals surface area contributed by atoms with Crippen LogP contribution in [0.3, 0.4) is 0 Å². The Kier molecular flexibility index (Phi) is 4.67.